The van der Waals surface area contributed by atoms with Crippen LogP contribution in [0.1, 0.15) is 122 Å². The molecule has 8 aliphatic carbocycles. The first-order valence-corrected chi connectivity index (χ1v) is 18.2. The fraction of sp³-hybridized carbons (Fsp3) is 0.435. The van der Waals surface area contributed by atoms with E-state index in [0.717, 1.165) is 23.7 Å². The van der Waals surface area contributed by atoms with Gasteiger partial charge in [-0.1, -0.05) is 99.2 Å². The molecule has 0 heteroatoms. The van der Waals surface area contributed by atoms with Crippen LogP contribution >= 0.6 is 0 Å². The highest BCUT2D eigenvalue weighted by Gasteiger charge is 2.61. The minimum atomic E-state index is 0.278. The molecule has 4 unspecified atom stereocenters. The van der Waals surface area contributed by atoms with E-state index in [9.17, 15) is 0 Å². The Balaban J connectivity index is 1.11. The molecule has 0 radical (unpaired) electrons. The summed E-state index contributed by atoms with van der Waals surface area (Å²) in [5.74, 6) is 3.35. The van der Waals surface area contributed by atoms with Crippen LogP contribution in [0.25, 0.3) is 24.3 Å². The van der Waals surface area contributed by atoms with Crippen molar-refractivity contribution in [1.82, 2.24) is 0 Å². The quantitative estimate of drug-likeness (QED) is 0.241. The molecular formula is C46H50. The number of benzene rings is 3. The van der Waals surface area contributed by atoms with Crippen LogP contribution in [0.2, 0.25) is 0 Å². The van der Waals surface area contributed by atoms with E-state index in [0.29, 0.717) is 10.8 Å². The van der Waals surface area contributed by atoms with Crippen LogP contribution < -0.4 is 0 Å². The minimum Gasteiger partial charge on any atom is -0.0985 e. The van der Waals surface area contributed by atoms with Gasteiger partial charge in [-0.3, -0.25) is 0 Å². The second-order valence-electron chi connectivity index (χ2n) is 17.2. The second-order valence-corrected chi connectivity index (χ2v) is 17.2. The van der Waals surface area contributed by atoms with Gasteiger partial charge in [0.25, 0.3) is 0 Å². The molecule has 8 bridgehead atoms. The van der Waals surface area contributed by atoms with E-state index in [1.165, 1.54) is 99.3 Å². The molecule has 8 saturated carbocycles. The molecule has 0 aliphatic heterocycles. The monoisotopic (exact) mass is 602 g/mol. The largest absolute Gasteiger partial charge is 0.0985 e. The average Bonchev–Trinajstić information content (AvgIpc) is 3.06. The van der Waals surface area contributed by atoms with E-state index < -0.39 is 0 Å². The maximum Gasteiger partial charge on any atom is -0.00328 e. The normalized spacial score (nSPS) is 38.1. The summed E-state index contributed by atoms with van der Waals surface area (Å²) in [4.78, 5) is 0. The lowest BCUT2D eigenvalue weighted by Gasteiger charge is -2.64. The Morgan fingerprint density at radius 3 is 1.02 bits per heavy atom. The Labute approximate surface area is 277 Å². The first kappa shape index (κ1) is 28.8. The summed E-state index contributed by atoms with van der Waals surface area (Å²) in [6.07, 6.45) is 24.5. The molecule has 0 N–H and O–H groups in total. The van der Waals surface area contributed by atoms with Gasteiger partial charge >= 0.3 is 0 Å². The molecule has 46 heavy (non-hydrogen) atoms. The topological polar surface area (TPSA) is 0 Å². The first-order valence-electron chi connectivity index (χ1n) is 18.2. The van der Waals surface area contributed by atoms with Crippen molar-refractivity contribution in [2.75, 3.05) is 0 Å². The Kier molecular flexibility index (Phi) is 6.30. The lowest BCUT2D eigenvalue weighted by atomic mass is 9.40. The highest BCUT2D eigenvalue weighted by Crippen LogP contribution is 2.68. The molecule has 0 spiro atoms. The molecule has 8 aliphatic rings. The molecule has 234 valence electrons. The van der Waals surface area contributed by atoms with Crippen molar-refractivity contribution < 1.29 is 0 Å². The zero-order valence-electron chi connectivity index (χ0n) is 27.7. The van der Waals surface area contributed by atoms with Crippen LogP contribution in [0.4, 0.5) is 0 Å². The second kappa shape index (κ2) is 10.1. The van der Waals surface area contributed by atoms with Gasteiger partial charge in [0.15, 0.2) is 0 Å². The minimum absolute atomic E-state index is 0.278. The van der Waals surface area contributed by atoms with Crippen molar-refractivity contribution in [3.8, 4) is 0 Å². The van der Waals surface area contributed by atoms with Gasteiger partial charge in [-0.05, 0) is 179 Å². The van der Waals surface area contributed by atoms with Crippen LogP contribution in [0.3, 0.4) is 0 Å². The third-order valence-electron chi connectivity index (χ3n) is 14.3. The Hall–Kier alpha value is -3.38. The summed E-state index contributed by atoms with van der Waals surface area (Å²) in [7, 11) is 0. The molecule has 11 rings (SSSR count). The average molecular weight is 603 g/mol. The molecule has 3 aromatic carbocycles. The zero-order valence-corrected chi connectivity index (χ0v) is 27.7. The summed E-state index contributed by atoms with van der Waals surface area (Å²) in [5, 5.41) is 0. The third kappa shape index (κ3) is 4.24. The van der Waals surface area contributed by atoms with Gasteiger partial charge < -0.3 is 0 Å². The molecule has 8 fully saturated rings. The fourth-order valence-corrected chi connectivity index (χ4v) is 13.5. The van der Waals surface area contributed by atoms with Crippen LogP contribution in [0.5, 0.6) is 0 Å². The van der Waals surface area contributed by atoms with Gasteiger partial charge in [-0.2, -0.15) is 0 Å². The van der Waals surface area contributed by atoms with Crippen LogP contribution in [0, 0.1) is 23.7 Å². The Morgan fingerprint density at radius 2 is 0.717 bits per heavy atom. The maximum absolute atomic E-state index is 4.14. The van der Waals surface area contributed by atoms with Crippen LogP contribution in [0.15, 0.2) is 87.0 Å². The third-order valence-corrected chi connectivity index (χ3v) is 14.3. The van der Waals surface area contributed by atoms with Gasteiger partial charge in [0.2, 0.25) is 0 Å². The molecule has 0 amide bonds. The number of hydrogen-bond donors (Lipinski definition) is 0. The van der Waals surface area contributed by atoms with Crippen molar-refractivity contribution in [2.45, 2.75) is 98.7 Å². The van der Waals surface area contributed by atoms with Crippen molar-refractivity contribution in [3.05, 3.63) is 131 Å². The van der Waals surface area contributed by atoms with E-state index in [2.05, 4.69) is 87.0 Å². The smallest absolute Gasteiger partial charge is 0.00328 e. The van der Waals surface area contributed by atoms with E-state index in [-0.39, 0.29) is 10.8 Å². The fourth-order valence-electron chi connectivity index (χ4n) is 13.5. The van der Waals surface area contributed by atoms with Crippen LogP contribution in [-0.2, 0) is 21.7 Å². The van der Waals surface area contributed by atoms with Gasteiger partial charge in [-0.15, -0.1) is 0 Å². The zero-order chi connectivity index (χ0) is 31.3. The Bertz CT molecular complexity index is 1570. The summed E-state index contributed by atoms with van der Waals surface area (Å²) in [5.41, 5.74) is 12.6. The predicted octanol–water partition coefficient (Wildman–Crippen LogP) is 11.8. The van der Waals surface area contributed by atoms with Gasteiger partial charge in [-0.25, -0.2) is 0 Å². The van der Waals surface area contributed by atoms with E-state index in [4.69, 9.17) is 0 Å². The first-order chi connectivity index (χ1) is 22.3. The van der Waals surface area contributed by atoms with Crippen LogP contribution in [-0.4, -0.2) is 0 Å². The molecule has 0 saturated heterocycles. The molecular weight excluding hydrogens is 553 g/mol. The summed E-state index contributed by atoms with van der Waals surface area (Å²) in [6, 6.07) is 24.7. The van der Waals surface area contributed by atoms with Crippen molar-refractivity contribution in [3.63, 3.8) is 0 Å². The number of rotatable bonds is 8. The molecule has 0 heterocycles. The molecule has 3 aromatic rings. The standard InChI is InChI=1S/C46H50/c1-5-31-12-32(6-2)17-41(16-31)45-25-35-14-36(26-45)22-43(21-35,29-45)39-10-9-11-40(20-39)44-23-37-15-38(24-44)28-46(27-37,30-44)42-18-33(7-3)13-34(8-4)19-42/h5-13,16-20,35-38H,1-4,14-15,21-30H2. The van der Waals surface area contributed by atoms with Crippen molar-refractivity contribution >= 4 is 24.3 Å². The summed E-state index contributed by atoms with van der Waals surface area (Å²) >= 11 is 0. The SMILES string of the molecule is C=Cc1cc(C=C)cc(C23CC4CC(C2)CC(c2cccc(C56CC7CC(CC(c8cc(C=C)cc(C=C)c8)(C7)C5)C6)c2)(C4)C3)c1. The Morgan fingerprint density at radius 1 is 0.413 bits per heavy atom. The molecule has 0 aromatic heterocycles. The van der Waals surface area contributed by atoms with Gasteiger partial charge in [0, 0.05) is 0 Å². The van der Waals surface area contributed by atoms with Gasteiger partial charge in [0.05, 0.1) is 0 Å². The molecule has 4 atom stereocenters. The predicted molar refractivity (Wildman–Crippen MR) is 196 cm³/mol. The van der Waals surface area contributed by atoms with Gasteiger partial charge in [0.1, 0.15) is 0 Å². The van der Waals surface area contributed by atoms with E-state index >= 15 is 0 Å². The lowest BCUT2D eigenvalue weighted by molar-refractivity contribution is -0.0310. The van der Waals surface area contributed by atoms with E-state index in [1.807, 2.05) is 24.3 Å². The molecule has 0 nitrogen and oxygen atoms in total. The highest BCUT2D eigenvalue weighted by molar-refractivity contribution is 5.60. The highest BCUT2D eigenvalue weighted by atomic mass is 14.6. The number of hydrogen-bond acceptors (Lipinski definition) is 0. The maximum atomic E-state index is 4.14. The summed E-state index contributed by atoms with van der Waals surface area (Å²) in [6.45, 7) is 16.6. The van der Waals surface area contributed by atoms with Crippen molar-refractivity contribution in [2.24, 2.45) is 23.7 Å². The van der Waals surface area contributed by atoms with Crippen molar-refractivity contribution in [1.29, 1.82) is 0 Å². The summed E-state index contributed by atoms with van der Waals surface area (Å²) < 4.78 is 0. The lowest BCUT2D eigenvalue weighted by Crippen LogP contribution is -2.56. The van der Waals surface area contributed by atoms with E-state index in [1.54, 1.807) is 22.3 Å².